The Morgan fingerprint density at radius 1 is 0.708 bits per heavy atom. The third-order valence-electron chi connectivity index (χ3n) is 4.81. The molecule has 0 aliphatic carbocycles. The maximum absolute atomic E-state index is 5.62. The van der Waals surface area contributed by atoms with Gasteiger partial charge in [-0.05, 0) is 18.4 Å². The van der Waals surface area contributed by atoms with Gasteiger partial charge in [-0.2, -0.15) is 0 Å². The van der Waals surface area contributed by atoms with Gasteiger partial charge in [-0.3, -0.25) is 0 Å². The minimum absolute atomic E-state index is 0.488. The Morgan fingerprint density at radius 2 is 1.12 bits per heavy atom. The van der Waals surface area contributed by atoms with Gasteiger partial charge in [0.15, 0.2) is 0 Å². The van der Waals surface area contributed by atoms with Crippen LogP contribution in [-0.4, -0.2) is 4.99 Å². The van der Waals surface area contributed by atoms with Crippen molar-refractivity contribution < 1.29 is 0 Å². The first-order valence-corrected chi connectivity index (χ1v) is 10.5. The number of rotatable bonds is 15. The lowest BCUT2D eigenvalue weighted by atomic mass is 10.0. The van der Waals surface area contributed by atoms with Crippen molar-refractivity contribution >= 4 is 17.2 Å². The monoisotopic (exact) mass is 347 g/mol. The molecule has 0 saturated heterocycles. The second-order valence-corrected chi connectivity index (χ2v) is 7.49. The molecule has 2 heteroatoms. The molecule has 0 atom stereocenters. The number of benzene rings is 1. The van der Waals surface area contributed by atoms with E-state index in [0.29, 0.717) is 4.99 Å². The van der Waals surface area contributed by atoms with E-state index in [1.54, 1.807) is 0 Å². The number of hydrogen-bond acceptors (Lipinski definition) is 1. The molecule has 0 heterocycles. The number of nitrogens with two attached hydrogens (primary N) is 1. The van der Waals surface area contributed by atoms with Crippen molar-refractivity contribution in [3.05, 3.63) is 35.4 Å². The molecule has 24 heavy (non-hydrogen) atoms. The molecule has 0 aliphatic rings. The first-order valence-electron chi connectivity index (χ1n) is 10.1. The maximum atomic E-state index is 5.62. The van der Waals surface area contributed by atoms with Gasteiger partial charge >= 0.3 is 0 Å². The number of unbranched alkanes of at least 4 members (excludes halogenated alkanes) is 12. The van der Waals surface area contributed by atoms with Crippen LogP contribution in [0.3, 0.4) is 0 Å². The van der Waals surface area contributed by atoms with Crippen molar-refractivity contribution in [2.24, 2.45) is 5.73 Å². The van der Waals surface area contributed by atoms with E-state index in [9.17, 15) is 0 Å². The lowest BCUT2D eigenvalue weighted by Crippen LogP contribution is -2.08. The SMILES string of the molecule is CCCCCCCCCCCCCCCc1ccc(C(N)=S)cc1. The number of thiocarbonyl (C=S) groups is 1. The van der Waals surface area contributed by atoms with Crippen LogP contribution in [0.15, 0.2) is 24.3 Å². The largest absolute Gasteiger partial charge is 0.389 e. The van der Waals surface area contributed by atoms with Gasteiger partial charge in [-0.25, -0.2) is 0 Å². The molecule has 1 aromatic carbocycles. The van der Waals surface area contributed by atoms with Gasteiger partial charge in [0.25, 0.3) is 0 Å². The summed E-state index contributed by atoms with van der Waals surface area (Å²) in [6.45, 7) is 2.28. The van der Waals surface area contributed by atoms with Crippen LogP contribution < -0.4 is 5.73 Å². The van der Waals surface area contributed by atoms with Gasteiger partial charge in [0.05, 0.1) is 0 Å². The smallest absolute Gasteiger partial charge is 0.103 e. The van der Waals surface area contributed by atoms with Crippen molar-refractivity contribution in [1.29, 1.82) is 0 Å². The molecule has 0 fully saturated rings. The molecule has 1 aromatic rings. The Morgan fingerprint density at radius 3 is 1.54 bits per heavy atom. The summed E-state index contributed by atoms with van der Waals surface area (Å²) in [7, 11) is 0. The van der Waals surface area contributed by atoms with Crippen molar-refractivity contribution in [3.63, 3.8) is 0 Å². The highest BCUT2D eigenvalue weighted by Gasteiger charge is 1.98. The minimum atomic E-state index is 0.488. The summed E-state index contributed by atoms with van der Waals surface area (Å²) in [5, 5.41) is 0. The Kier molecular flexibility index (Phi) is 12.7. The predicted octanol–water partition coefficient (Wildman–Crippen LogP) is 6.95. The van der Waals surface area contributed by atoms with Crippen LogP contribution in [0.1, 0.15) is 102 Å². The lowest BCUT2D eigenvalue weighted by molar-refractivity contribution is 0.539. The summed E-state index contributed by atoms with van der Waals surface area (Å²) in [6.07, 6.45) is 19.5. The summed E-state index contributed by atoms with van der Waals surface area (Å²) in [4.78, 5) is 0.488. The molecule has 1 nitrogen and oxygen atoms in total. The highest BCUT2D eigenvalue weighted by atomic mass is 32.1. The molecular weight excluding hydrogens is 310 g/mol. The Hall–Kier alpha value is -0.890. The van der Waals surface area contributed by atoms with Crippen LogP contribution in [0, 0.1) is 0 Å². The number of hydrogen-bond donors (Lipinski definition) is 1. The zero-order valence-corrected chi connectivity index (χ0v) is 16.5. The molecule has 0 unspecified atom stereocenters. The van der Waals surface area contributed by atoms with Crippen molar-refractivity contribution in [1.82, 2.24) is 0 Å². The van der Waals surface area contributed by atoms with E-state index in [4.69, 9.17) is 18.0 Å². The molecule has 2 N–H and O–H groups in total. The highest BCUT2D eigenvalue weighted by molar-refractivity contribution is 7.80. The summed E-state index contributed by atoms with van der Waals surface area (Å²) in [5.74, 6) is 0. The van der Waals surface area contributed by atoms with Gasteiger partial charge in [0.2, 0.25) is 0 Å². The normalized spacial score (nSPS) is 10.9. The third-order valence-corrected chi connectivity index (χ3v) is 5.04. The van der Waals surface area contributed by atoms with Gasteiger partial charge in [0, 0.05) is 5.56 Å². The van der Waals surface area contributed by atoms with E-state index in [-0.39, 0.29) is 0 Å². The van der Waals surface area contributed by atoms with Crippen molar-refractivity contribution in [3.8, 4) is 0 Å². The van der Waals surface area contributed by atoms with E-state index < -0.39 is 0 Å². The van der Waals surface area contributed by atoms with E-state index in [1.807, 2.05) is 12.1 Å². The van der Waals surface area contributed by atoms with Crippen molar-refractivity contribution in [2.75, 3.05) is 0 Å². The second-order valence-electron chi connectivity index (χ2n) is 7.05. The molecule has 0 aromatic heterocycles. The molecule has 0 bridgehead atoms. The van der Waals surface area contributed by atoms with Crippen molar-refractivity contribution in [2.45, 2.75) is 96.8 Å². The average molecular weight is 348 g/mol. The minimum Gasteiger partial charge on any atom is -0.389 e. The van der Waals surface area contributed by atoms with Gasteiger partial charge in [0.1, 0.15) is 4.99 Å². The van der Waals surface area contributed by atoms with Crippen LogP contribution in [0.5, 0.6) is 0 Å². The second kappa shape index (κ2) is 14.5. The maximum Gasteiger partial charge on any atom is 0.103 e. The molecule has 0 amide bonds. The first kappa shape index (κ1) is 21.2. The molecule has 136 valence electrons. The molecule has 0 spiro atoms. The van der Waals surface area contributed by atoms with Crippen LogP contribution >= 0.6 is 12.2 Å². The fourth-order valence-electron chi connectivity index (χ4n) is 3.18. The van der Waals surface area contributed by atoms with Gasteiger partial charge in [-0.15, -0.1) is 0 Å². The Bertz CT molecular complexity index is 424. The highest BCUT2D eigenvalue weighted by Crippen LogP contribution is 2.14. The lowest BCUT2D eigenvalue weighted by Gasteiger charge is -2.04. The van der Waals surface area contributed by atoms with Crippen LogP contribution in [0.25, 0.3) is 0 Å². The van der Waals surface area contributed by atoms with Crippen LogP contribution in [-0.2, 0) is 6.42 Å². The standard InChI is InChI=1S/C22H37NS/c1-2-3-4-5-6-7-8-9-10-11-12-13-14-15-20-16-18-21(19-17-20)22(23)24/h16-19H,2-15H2,1H3,(H2,23,24). The van der Waals surface area contributed by atoms with Gasteiger partial charge < -0.3 is 5.73 Å². The average Bonchev–Trinajstić information content (AvgIpc) is 2.59. The summed E-state index contributed by atoms with van der Waals surface area (Å²) in [5.41, 5.74) is 7.99. The van der Waals surface area contributed by atoms with E-state index >= 15 is 0 Å². The molecule has 1 rings (SSSR count). The van der Waals surface area contributed by atoms with Gasteiger partial charge in [-0.1, -0.05) is 120 Å². The quantitative estimate of drug-likeness (QED) is 0.274. The fraction of sp³-hybridized carbons (Fsp3) is 0.682. The van der Waals surface area contributed by atoms with E-state index in [0.717, 1.165) is 5.56 Å². The number of aryl methyl sites for hydroxylation is 1. The predicted molar refractivity (Wildman–Crippen MR) is 112 cm³/mol. The third kappa shape index (κ3) is 10.8. The van der Waals surface area contributed by atoms with Crippen LogP contribution in [0.4, 0.5) is 0 Å². The van der Waals surface area contributed by atoms with E-state index in [1.165, 1.54) is 95.5 Å². The fourth-order valence-corrected chi connectivity index (χ4v) is 3.32. The Balaban J connectivity index is 1.87. The Labute approximate surface area is 155 Å². The molecule has 0 saturated carbocycles. The summed E-state index contributed by atoms with van der Waals surface area (Å²) in [6, 6.07) is 8.41. The molecule has 0 radical (unpaired) electrons. The zero-order valence-electron chi connectivity index (χ0n) is 15.7. The summed E-state index contributed by atoms with van der Waals surface area (Å²) >= 11 is 4.98. The molecular formula is C22H37NS. The van der Waals surface area contributed by atoms with Crippen LogP contribution in [0.2, 0.25) is 0 Å². The topological polar surface area (TPSA) is 26.0 Å². The summed E-state index contributed by atoms with van der Waals surface area (Å²) < 4.78 is 0. The zero-order chi connectivity index (χ0) is 17.5. The first-order chi connectivity index (χ1) is 11.7. The molecule has 0 aliphatic heterocycles. The van der Waals surface area contributed by atoms with E-state index in [2.05, 4.69) is 19.1 Å².